The molecule has 1 aromatic carbocycles. The first-order chi connectivity index (χ1) is 8.09. The molecule has 2 N–H and O–H groups in total. The summed E-state index contributed by atoms with van der Waals surface area (Å²) in [5, 5.41) is 11.8. The molecule has 3 nitrogen and oxygen atoms in total. The van der Waals surface area contributed by atoms with Gasteiger partial charge in [0.05, 0.1) is 5.56 Å². The van der Waals surface area contributed by atoms with Crippen molar-refractivity contribution in [1.29, 1.82) is 0 Å². The van der Waals surface area contributed by atoms with Crippen LogP contribution in [0, 0.1) is 11.6 Å². The highest BCUT2D eigenvalue weighted by Gasteiger charge is 2.21. The largest absolute Gasteiger partial charge is 0.478 e. The van der Waals surface area contributed by atoms with Crippen LogP contribution in [0.3, 0.4) is 0 Å². The lowest BCUT2D eigenvalue weighted by atomic mass is 10.0. The molecule has 1 heterocycles. The highest BCUT2D eigenvalue weighted by molar-refractivity contribution is 5.88. The zero-order valence-corrected chi connectivity index (χ0v) is 9.17. The Bertz CT molecular complexity index is 442. The summed E-state index contributed by atoms with van der Waals surface area (Å²) in [5.74, 6) is -3.77. The summed E-state index contributed by atoms with van der Waals surface area (Å²) in [4.78, 5) is 10.6. The van der Waals surface area contributed by atoms with Gasteiger partial charge in [-0.3, -0.25) is 0 Å². The van der Waals surface area contributed by atoms with Crippen molar-refractivity contribution in [2.45, 2.75) is 25.3 Å². The fourth-order valence-electron chi connectivity index (χ4n) is 2.11. The van der Waals surface area contributed by atoms with E-state index < -0.39 is 23.2 Å². The van der Waals surface area contributed by atoms with E-state index in [1.807, 2.05) is 0 Å². The monoisotopic (exact) mass is 241 g/mol. The molecule has 0 amide bonds. The quantitative estimate of drug-likeness (QED) is 0.850. The van der Waals surface area contributed by atoms with Gasteiger partial charge in [0.2, 0.25) is 0 Å². The van der Waals surface area contributed by atoms with Gasteiger partial charge in [-0.05, 0) is 37.4 Å². The number of nitrogens with one attached hydrogen (secondary N) is 1. The van der Waals surface area contributed by atoms with E-state index in [1.165, 1.54) is 6.07 Å². The summed E-state index contributed by atoms with van der Waals surface area (Å²) < 4.78 is 27.0. The molecule has 17 heavy (non-hydrogen) atoms. The summed E-state index contributed by atoms with van der Waals surface area (Å²) in [6.45, 7) is 0.891. The molecule has 0 saturated carbocycles. The first kappa shape index (κ1) is 12.0. The lowest BCUT2D eigenvalue weighted by Crippen LogP contribution is -2.24. The Morgan fingerprint density at radius 1 is 1.41 bits per heavy atom. The Labute approximate surface area is 97.5 Å². The van der Waals surface area contributed by atoms with Crippen LogP contribution in [0.15, 0.2) is 12.1 Å². The maximum Gasteiger partial charge on any atom is 0.338 e. The number of halogens is 2. The molecule has 2 rings (SSSR count). The second-order valence-electron chi connectivity index (χ2n) is 4.20. The van der Waals surface area contributed by atoms with Crippen LogP contribution in [0.1, 0.15) is 28.8 Å². The predicted octanol–water partition coefficient (Wildman–Crippen LogP) is 1.96. The normalized spacial score (nSPS) is 19.5. The molecule has 0 spiro atoms. The smallest absolute Gasteiger partial charge is 0.338 e. The molecule has 0 aliphatic carbocycles. The third-order valence-electron chi connectivity index (χ3n) is 3.02. The Kier molecular flexibility index (Phi) is 3.38. The first-order valence-corrected chi connectivity index (χ1v) is 5.53. The third-order valence-corrected chi connectivity index (χ3v) is 3.02. The van der Waals surface area contributed by atoms with Crippen molar-refractivity contribution < 1.29 is 18.7 Å². The van der Waals surface area contributed by atoms with Gasteiger partial charge in [0, 0.05) is 6.04 Å². The number of hydrogen-bond donors (Lipinski definition) is 2. The minimum atomic E-state index is -1.45. The second-order valence-corrected chi connectivity index (χ2v) is 4.20. The zero-order chi connectivity index (χ0) is 12.4. The third kappa shape index (κ3) is 2.44. The van der Waals surface area contributed by atoms with Gasteiger partial charge in [-0.2, -0.15) is 0 Å². The van der Waals surface area contributed by atoms with E-state index in [0.717, 1.165) is 25.5 Å². The average molecular weight is 241 g/mol. The standard InChI is InChI=1S/C12H13F2NO2/c13-10-7(6-8-2-1-5-15-8)3-4-9(11(10)14)12(16)17/h3-4,8,15H,1-2,5-6H2,(H,16,17). The van der Waals surface area contributed by atoms with Gasteiger partial charge in [0.15, 0.2) is 11.6 Å². The molecular formula is C12H13F2NO2. The van der Waals surface area contributed by atoms with E-state index in [4.69, 9.17) is 5.11 Å². The molecule has 0 bridgehead atoms. The number of benzene rings is 1. The number of carboxylic acid groups (broad SMARTS) is 1. The molecule has 1 aromatic rings. The van der Waals surface area contributed by atoms with E-state index in [0.29, 0.717) is 6.42 Å². The molecule has 1 fully saturated rings. The number of aromatic carboxylic acids is 1. The van der Waals surface area contributed by atoms with Crippen molar-refractivity contribution in [3.05, 3.63) is 34.9 Å². The van der Waals surface area contributed by atoms with Gasteiger partial charge in [0.1, 0.15) is 0 Å². The van der Waals surface area contributed by atoms with E-state index in [1.54, 1.807) is 0 Å². The molecule has 1 atom stereocenters. The molecular weight excluding hydrogens is 228 g/mol. The summed E-state index contributed by atoms with van der Waals surface area (Å²) in [6, 6.07) is 2.62. The number of rotatable bonds is 3. The Morgan fingerprint density at radius 3 is 2.76 bits per heavy atom. The van der Waals surface area contributed by atoms with E-state index in [2.05, 4.69) is 5.32 Å². The molecule has 0 aromatic heterocycles. The van der Waals surface area contributed by atoms with Crippen LogP contribution >= 0.6 is 0 Å². The fraction of sp³-hybridized carbons (Fsp3) is 0.417. The summed E-state index contributed by atoms with van der Waals surface area (Å²) in [6.07, 6.45) is 2.35. The van der Waals surface area contributed by atoms with Gasteiger partial charge in [-0.1, -0.05) is 6.07 Å². The van der Waals surface area contributed by atoms with Crippen molar-refractivity contribution in [2.75, 3.05) is 6.54 Å². The van der Waals surface area contributed by atoms with Crippen LogP contribution in [-0.4, -0.2) is 23.7 Å². The van der Waals surface area contributed by atoms with E-state index >= 15 is 0 Å². The zero-order valence-electron chi connectivity index (χ0n) is 9.17. The predicted molar refractivity (Wildman–Crippen MR) is 58.0 cm³/mol. The Balaban J connectivity index is 2.23. The number of carbonyl (C=O) groups is 1. The van der Waals surface area contributed by atoms with Crippen molar-refractivity contribution in [1.82, 2.24) is 5.32 Å². The molecule has 92 valence electrons. The topological polar surface area (TPSA) is 49.3 Å². The lowest BCUT2D eigenvalue weighted by Gasteiger charge is -2.11. The van der Waals surface area contributed by atoms with E-state index in [9.17, 15) is 13.6 Å². The summed E-state index contributed by atoms with van der Waals surface area (Å²) in [5.41, 5.74) is -0.391. The van der Waals surface area contributed by atoms with Crippen LogP contribution in [0.5, 0.6) is 0 Å². The van der Waals surface area contributed by atoms with Crippen molar-refractivity contribution in [3.8, 4) is 0 Å². The van der Waals surface area contributed by atoms with Crippen molar-refractivity contribution in [2.24, 2.45) is 0 Å². The molecule has 1 saturated heterocycles. The van der Waals surface area contributed by atoms with Crippen molar-refractivity contribution in [3.63, 3.8) is 0 Å². The van der Waals surface area contributed by atoms with Crippen LogP contribution in [-0.2, 0) is 6.42 Å². The average Bonchev–Trinajstić information content (AvgIpc) is 2.77. The van der Waals surface area contributed by atoms with Crippen LogP contribution < -0.4 is 5.32 Å². The highest BCUT2D eigenvalue weighted by Crippen LogP contribution is 2.20. The summed E-state index contributed by atoms with van der Waals surface area (Å²) in [7, 11) is 0. The first-order valence-electron chi connectivity index (χ1n) is 5.53. The SMILES string of the molecule is O=C(O)c1ccc(CC2CCCN2)c(F)c1F. The molecule has 0 radical (unpaired) electrons. The minimum absolute atomic E-state index is 0.152. The van der Waals surface area contributed by atoms with Gasteiger partial charge < -0.3 is 10.4 Å². The van der Waals surface area contributed by atoms with Gasteiger partial charge >= 0.3 is 5.97 Å². The Morgan fingerprint density at radius 2 is 2.18 bits per heavy atom. The molecule has 1 aliphatic rings. The van der Waals surface area contributed by atoms with Crippen molar-refractivity contribution >= 4 is 5.97 Å². The van der Waals surface area contributed by atoms with E-state index in [-0.39, 0.29) is 11.6 Å². The second kappa shape index (κ2) is 4.79. The Hall–Kier alpha value is -1.49. The molecule has 1 unspecified atom stereocenters. The van der Waals surface area contributed by atoms with Gasteiger partial charge in [0.25, 0.3) is 0 Å². The van der Waals surface area contributed by atoms with Crippen LogP contribution in [0.2, 0.25) is 0 Å². The van der Waals surface area contributed by atoms with Gasteiger partial charge in [-0.15, -0.1) is 0 Å². The molecule has 5 heteroatoms. The fourth-order valence-corrected chi connectivity index (χ4v) is 2.11. The minimum Gasteiger partial charge on any atom is -0.478 e. The summed E-state index contributed by atoms with van der Waals surface area (Å²) >= 11 is 0. The number of hydrogen-bond acceptors (Lipinski definition) is 2. The highest BCUT2D eigenvalue weighted by atomic mass is 19.2. The number of carboxylic acids is 1. The maximum absolute atomic E-state index is 13.6. The van der Waals surface area contributed by atoms with Crippen LogP contribution in [0.4, 0.5) is 8.78 Å². The van der Waals surface area contributed by atoms with Crippen LogP contribution in [0.25, 0.3) is 0 Å². The maximum atomic E-state index is 13.6. The van der Waals surface area contributed by atoms with Gasteiger partial charge in [-0.25, -0.2) is 13.6 Å². The molecule has 1 aliphatic heterocycles. The lowest BCUT2D eigenvalue weighted by molar-refractivity contribution is 0.0690.